The summed E-state index contributed by atoms with van der Waals surface area (Å²) in [6.45, 7) is 0.829. The van der Waals surface area contributed by atoms with Crippen LogP contribution in [0.5, 0.6) is 0 Å². The molecule has 11 heteroatoms. The molecule has 0 N–H and O–H groups in total. The summed E-state index contributed by atoms with van der Waals surface area (Å²) in [5.41, 5.74) is -0.690. The number of piperazine rings is 1. The molecular weight excluding hydrogens is 420 g/mol. The number of amides is 2. The van der Waals surface area contributed by atoms with Crippen LogP contribution < -0.4 is 0 Å². The SMILES string of the molecule is O=C(Cn1ccc(C(F)(F)F)n1)N1CCN(C(=O)c2cc(Cl)cc(Cl)c2)CC1. The summed E-state index contributed by atoms with van der Waals surface area (Å²) in [6, 6.07) is 5.38. The van der Waals surface area contributed by atoms with Gasteiger partial charge in [-0.3, -0.25) is 14.3 Å². The Labute approximate surface area is 168 Å². The fourth-order valence-electron chi connectivity index (χ4n) is 2.86. The molecule has 1 saturated heterocycles. The summed E-state index contributed by atoms with van der Waals surface area (Å²) in [4.78, 5) is 27.9. The molecule has 2 heterocycles. The first kappa shape index (κ1) is 20.5. The highest BCUT2D eigenvalue weighted by Crippen LogP contribution is 2.27. The standard InChI is InChI=1S/C17H15Cl2F3N4O2/c18-12-7-11(8-13(19)9-12)16(28)25-5-3-24(4-6-25)15(27)10-26-2-1-14(23-26)17(20,21)22/h1-2,7-9H,3-6,10H2. The predicted octanol–water partition coefficient (Wildman–Crippen LogP) is 3.19. The Balaban J connectivity index is 1.56. The average Bonchev–Trinajstić information content (AvgIpc) is 3.09. The summed E-state index contributed by atoms with van der Waals surface area (Å²) in [6.07, 6.45) is -3.44. The van der Waals surface area contributed by atoms with Crippen molar-refractivity contribution < 1.29 is 22.8 Å². The van der Waals surface area contributed by atoms with E-state index in [1.807, 2.05) is 0 Å². The average molecular weight is 435 g/mol. The van der Waals surface area contributed by atoms with Crippen molar-refractivity contribution in [1.29, 1.82) is 0 Å². The Morgan fingerprint density at radius 3 is 2.11 bits per heavy atom. The lowest BCUT2D eigenvalue weighted by molar-refractivity contribution is -0.142. The molecule has 0 saturated carbocycles. The molecule has 2 aromatic rings. The van der Waals surface area contributed by atoms with Crippen LogP contribution in [0, 0.1) is 0 Å². The molecule has 0 spiro atoms. The lowest BCUT2D eigenvalue weighted by Gasteiger charge is -2.34. The van der Waals surface area contributed by atoms with Crippen molar-refractivity contribution in [3.63, 3.8) is 0 Å². The summed E-state index contributed by atoms with van der Waals surface area (Å²) in [5, 5.41) is 4.07. The minimum atomic E-state index is -4.55. The molecule has 0 aliphatic carbocycles. The maximum absolute atomic E-state index is 12.6. The van der Waals surface area contributed by atoms with Gasteiger partial charge in [-0.1, -0.05) is 23.2 Å². The molecule has 2 amide bonds. The maximum atomic E-state index is 12.6. The van der Waals surface area contributed by atoms with Crippen LogP contribution in [0.3, 0.4) is 0 Å². The van der Waals surface area contributed by atoms with Gasteiger partial charge in [-0.2, -0.15) is 18.3 Å². The van der Waals surface area contributed by atoms with E-state index in [-0.39, 0.29) is 31.4 Å². The van der Waals surface area contributed by atoms with Crippen LogP contribution in [0.15, 0.2) is 30.5 Å². The zero-order valence-corrected chi connectivity index (χ0v) is 15.9. The van der Waals surface area contributed by atoms with Crippen LogP contribution in [0.1, 0.15) is 16.1 Å². The van der Waals surface area contributed by atoms with Crippen molar-refractivity contribution >= 4 is 35.0 Å². The van der Waals surface area contributed by atoms with E-state index < -0.39 is 11.9 Å². The molecule has 0 bridgehead atoms. The normalized spacial score (nSPS) is 15.0. The molecule has 150 valence electrons. The third kappa shape index (κ3) is 4.77. The zero-order valence-electron chi connectivity index (χ0n) is 14.4. The van der Waals surface area contributed by atoms with Gasteiger partial charge in [0.25, 0.3) is 5.91 Å². The molecule has 1 aromatic carbocycles. The quantitative estimate of drug-likeness (QED) is 0.745. The second-order valence-electron chi connectivity index (χ2n) is 6.23. The van der Waals surface area contributed by atoms with Crippen LogP contribution >= 0.6 is 23.2 Å². The Hall–Kier alpha value is -2.26. The number of nitrogens with zero attached hydrogens (tertiary/aromatic N) is 4. The van der Waals surface area contributed by atoms with E-state index in [4.69, 9.17) is 23.2 Å². The number of benzene rings is 1. The molecule has 0 atom stereocenters. The van der Waals surface area contributed by atoms with E-state index >= 15 is 0 Å². The first-order chi connectivity index (χ1) is 13.1. The molecule has 0 radical (unpaired) electrons. The lowest BCUT2D eigenvalue weighted by atomic mass is 10.2. The molecule has 0 unspecified atom stereocenters. The fraction of sp³-hybridized carbons (Fsp3) is 0.353. The highest BCUT2D eigenvalue weighted by Gasteiger charge is 2.34. The van der Waals surface area contributed by atoms with Crippen LogP contribution in [-0.4, -0.2) is 57.6 Å². The number of carbonyl (C=O) groups excluding carboxylic acids is 2. The summed E-state index contributed by atoms with van der Waals surface area (Å²) in [7, 11) is 0. The van der Waals surface area contributed by atoms with Crippen molar-refractivity contribution in [2.24, 2.45) is 0 Å². The van der Waals surface area contributed by atoms with Crippen molar-refractivity contribution in [2.75, 3.05) is 26.2 Å². The number of halogens is 5. The van der Waals surface area contributed by atoms with E-state index in [1.54, 1.807) is 4.90 Å². The van der Waals surface area contributed by atoms with E-state index in [2.05, 4.69) is 5.10 Å². The first-order valence-electron chi connectivity index (χ1n) is 8.27. The van der Waals surface area contributed by atoms with Gasteiger partial charge < -0.3 is 9.80 Å². The molecule has 28 heavy (non-hydrogen) atoms. The highest BCUT2D eigenvalue weighted by atomic mass is 35.5. The van der Waals surface area contributed by atoms with Gasteiger partial charge in [-0.25, -0.2) is 0 Å². The van der Waals surface area contributed by atoms with E-state index in [0.717, 1.165) is 16.9 Å². The second kappa shape index (κ2) is 8.00. The predicted molar refractivity (Wildman–Crippen MR) is 96.2 cm³/mol. The van der Waals surface area contributed by atoms with Crippen molar-refractivity contribution in [3.8, 4) is 0 Å². The van der Waals surface area contributed by atoms with Crippen molar-refractivity contribution in [3.05, 3.63) is 51.8 Å². The highest BCUT2D eigenvalue weighted by molar-refractivity contribution is 6.35. The van der Waals surface area contributed by atoms with Gasteiger partial charge in [-0.05, 0) is 24.3 Å². The number of carbonyl (C=O) groups is 2. The van der Waals surface area contributed by atoms with Crippen LogP contribution in [0.25, 0.3) is 0 Å². The van der Waals surface area contributed by atoms with E-state index in [9.17, 15) is 22.8 Å². The fourth-order valence-corrected chi connectivity index (χ4v) is 3.38. The molecule has 1 aliphatic rings. The maximum Gasteiger partial charge on any atom is 0.435 e. The summed E-state index contributed by atoms with van der Waals surface area (Å²) in [5.74, 6) is -0.617. The molecule has 1 aromatic heterocycles. The topological polar surface area (TPSA) is 58.4 Å². The van der Waals surface area contributed by atoms with Crippen molar-refractivity contribution in [2.45, 2.75) is 12.7 Å². The van der Waals surface area contributed by atoms with Crippen molar-refractivity contribution in [1.82, 2.24) is 19.6 Å². The largest absolute Gasteiger partial charge is 0.435 e. The molecule has 1 aliphatic heterocycles. The third-order valence-electron chi connectivity index (χ3n) is 4.26. The van der Waals surface area contributed by atoms with Crippen LogP contribution in [0.2, 0.25) is 10.0 Å². The zero-order chi connectivity index (χ0) is 20.5. The monoisotopic (exact) mass is 434 g/mol. The molecule has 1 fully saturated rings. The van der Waals surface area contributed by atoms with E-state index in [1.165, 1.54) is 23.1 Å². The minimum Gasteiger partial charge on any atom is -0.338 e. The van der Waals surface area contributed by atoms with Crippen LogP contribution in [0.4, 0.5) is 13.2 Å². The number of hydrogen-bond donors (Lipinski definition) is 0. The van der Waals surface area contributed by atoms with Gasteiger partial charge in [0, 0.05) is 48.0 Å². The second-order valence-corrected chi connectivity index (χ2v) is 7.10. The smallest absolute Gasteiger partial charge is 0.338 e. The van der Waals surface area contributed by atoms with Gasteiger partial charge in [0.15, 0.2) is 5.69 Å². The minimum absolute atomic E-state index is 0.251. The van der Waals surface area contributed by atoms with Gasteiger partial charge >= 0.3 is 6.18 Å². The number of alkyl halides is 3. The Kier molecular flexibility index (Phi) is 5.85. The van der Waals surface area contributed by atoms with Gasteiger partial charge in [0.05, 0.1) is 0 Å². The van der Waals surface area contributed by atoms with Gasteiger partial charge in [-0.15, -0.1) is 0 Å². The Bertz CT molecular complexity index is 873. The Morgan fingerprint density at radius 2 is 1.57 bits per heavy atom. The summed E-state index contributed by atoms with van der Waals surface area (Å²) < 4.78 is 38.7. The Morgan fingerprint density at radius 1 is 1.00 bits per heavy atom. The van der Waals surface area contributed by atoms with Gasteiger partial charge in [0.2, 0.25) is 5.91 Å². The van der Waals surface area contributed by atoms with Gasteiger partial charge in [0.1, 0.15) is 6.54 Å². The first-order valence-corrected chi connectivity index (χ1v) is 9.03. The van der Waals surface area contributed by atoms with Crippen LogP contribution in [-0.2, 0) is 17.5 Å². The third-order valence-corrected chi connectivity index (χ3v) is 4.69. The van der Waals surface area contributed by atoms with E-state index in [0.29, 0.717) is 28.7 Å². The molecular formula is C17H15Cl2F3N4O2. The number of aromatic nitrogens is 2. The molecule has 6 nitrogen and oxygen atoms in total. The number of hydrogen-bond acceptors (Lipinski definition) is 3. The number of rotatable bonds is 3. The summed E-state index contributed by atoms with van der Waals surface area (Å²) >= 11 is 11.8. The molecule has 3 rings (SSSR count). The lowest BCUT2D eigenvalue weighted by Crippen LogP contribution is -2.51.